The Morgan fingerprint density at radius 2 is 1.05 bits per heavy atom. The number of nitrogens with one attached hydrogen (secondary N) is 6. The van der Waals surface area contributed by atoms with Gasteiger partial charge in [0, 0.05) is 50.1 Å². The summed E-state index contributed by atoms with van der Waals surface area (Å²) >= 11 is 0. The van der Waals surface area contributed by atoms with E-state index < -0.39 is 79.4 Å². The summed E-state index contributed by atoms with van der Waals surface area (Å²) in [7, 11) is 0. The van der Waals surface area contributed by atoms with Gasteiger partial charge in [-0.2, -0.15) is 0 Å². The molecule has 2 aromatic rings. The van der Waals surface area contributed by atoms with Crippen LogP contribution in [0.1, 0.15) is 97.0 Å². The standard InChI is InChI=1S/C35H50FN9O12/c36-13-7-8-24-21-45(44-43-24)25-19-22(30(50)37-14-3-1-5-16-39-34(56)41-26(32(52)53)9-11-28(46)47)18-23(20-25)31(51)38-15-4-2-6-17-40-35(57)42-27(33(54)55)10-12-29(48)49/h18-21,26-27H,1-17H2,(H,37,50)(H,38,51)(H,46,47)(H,48,49)(H,52,53)(H,54,55)(H2,39,41,56)(H2,40,42,57)/t26-,27-/m0/s1. The maximum atomic E-state index is 13.2. The van der Waals surface area contributed by atoms with Crippen LogP contribution in [0.3, 0.4) is 0 Å². The average Bonchev–Trinajstić information content (AvgIpc) is 3.64. The highest BCUT2D eigenvalue weighted by Crippen LogP contribution is 2.16. The first-order valence-corrected chi connectivity index (χ1v) is 18.4. The molecule has 10 N–H and O–H groups in total. The van der Waals surface area contributed by atoms with E-state index in [9.17, 15) is 42.7 Å². The molecule has 0 bridgehead atoms. The minimum Gasteiger partial charge on any atom is -0.481 e. The highest BCUT2D eigenvalue weighted by molar-refractivity contribution is 6.00. The van der Waals surface area contributed by atoms with Crippen LogP contribution in [-0.2, 0) is 25.6 Å². The van der Waals surface area contributed by atoms with Crippen LogP contribution in [0.5, 0.6) is 0 Å². The number of aryl methyl sites for hydroxylation is 1. The second kappa shape index (κ2) is 25.7. The fourth-order valence-corrected chi connectivity index (χ4v) is 5.13. The molecule has 1 aromatic heterocycles. The summed E-state index contributed by atoms with van der Waals surface area (Å²) in [6.07, 6.45) is 4.02. The van der Waals surface area contributed by atoms with Crippen molar-refractivity contribution in [2.45, 2.75) is 89.1 Å². The number of halogens is 1. The highest BCUT2D eigenvalue weighted by Gasteiger charge is 2.22. The normalized spacial score (nSPS) is 11.7. The number of carboxylic acid groups (broad SMARTS) is 4. The predicted molar refractivity (Wildman–Crippen MR) is 198 cm³/mol. The molecule has 6 amide bonds. The average molecular weight is 808 g/mol. The third-order valence-corrected chi connectivity index (χ3v) is 8.16. The number of hydrogen-bond acceptors (Lipinski definition) is 10. The zero-order valence-electron chi connectivity index (χ0n) is 31.3. The van der Waals surface area contributed by atoms with Crippen molar-refractivity contribution >= 4 is 47.8 Å². The van der Waals surface area contributed by atoms with Crippen LogP contribution in [0, 0.1) is 0 Å². The van der Waals surface area contributed by atoms with Crippen molar-refractivity contribution in [3.8, 4) is 5.69 Å². The number of aliphatic carboxylic acids is 4. The lowest BCUT2D eigenvalue weighted by Crippen LogP contribution is -2.46. The monoisotopic (exact) mass is 807 g/mol. The molecule has 2 rings (SSSR count). The predicted octanol–water partition coefficient (Wildman–Crippen LogP) is 1.20. The molecular weight excluding hydrogens is 757 g/mol. The van der Waals surface area contributed by atoms with Gasteiger partial charge < -0.3 is 52.3 Å². The van der Waals surface area contributed by atoms with Crippen molar-refractivity contribution in [3.63, 3.8) is 0 Å². The highest BCUT2D eigenvalue weighted by atomic mass is 19.1. The van der Waals surface area contributed by atoms with Gasteiger partial charge >= 0.3 is 35.9 Å². The van der Waals surface area contributed by atoms with Crippen molar-refractivity contribution < 1.29 is 63.2 Å². The molecule has 21 nitrogen and oxygen atoms in total. The van der Waals surface area contributed by atoms with Gasteiger partial charge in [-0.25, -0.2) is 23.9 Å². The minimum atomic E-state index is -1.35. The van der Waals surface area contributed by atoms with E-state index in [1.807, 2.05) is 0 Å². The molecule has 22 heteroatoms. The van der Waals surface area contributed by atoms with Gasteiger partial charge in [-0.3, -0.25) is 23.6 Å². The fraction of sp³-hybridized carbons (Fsp3) is 0.543. The van der Waals surface area contributed by atoms with Crippen LogP contribution in [0.15, 0.2) is 24.4 Å². The number of hydrogen-bond donors (Lipinski definition) is 10. The van der Waals surface area contributed by atoms with Gasteiger partial charge in [-0.1, -0.05) is 5.21 Å². The minimum absolute atomic E-state index is 0.158. The van der Waals surface area contributed by atoms with Crippen molar-refractivity contribution in [3.05, 3.63) is 41.2 Å². The van der Waals surface area contributed by atoms with Crippen molar-refractivity contribution in [1.82, 2.24) is 46.9 Å². The molecule has 0 unspecified atom stereocenters. The first-order chi connectivity index (χ1) is 27.2. The van der Waals surface area contributed by atoms with E-state index in [0.717, 1.165) is 0 Å². The molecule has 314 valence electrons. The summed E-state index contributed by atoms with van der Waals surface area (Å²) in [5.41, 5.74) is 1.20. The van der Waals surface area contributed by atoms with Gasteiger partial charge in [0.25, 0.3) is 11.8 Å². The SMILES string of the molecule is O=C(O)CC[C@H](NC(=O)NCCCCCNC(=O)c1cc(C(=O)NCCCCCNC(=O)N[C@@H](CCC(=O)O)C(=O)O)cc(-n2cc(CCCF)nn2)c1)C(=O)O. The number of aromatic nitrogens is 3. The molecule has 0 aliphatic rings. The summed E-state index contributed by atoms with van der Waals surface area (Å²) in [6.45, 7) is 0.391. The number of nitrogens with zero attached hydrogens (tertiary/aromatic N) is 3. The topological polar surface area (TPSA) is 320 Å². The fourth-order valence-electron chi connectivity index (χ4n) is 5.13. The molecule has 0 fully saturated rings. The Morgan fingerprint density at radius 1 is 0.614 bits per heavy atom. The molecular formula is C35H50FN9O12. The van der Waals surface area contributed by atoms with Gasteiger partial charge in [-0.05, 0) is 82.4 Å². The van der Waals surface area contributed by atoms with E-state index in [-0.39, 0.29) is 56.6 Å². The van der Waals surface area contributed by atoms with Crippen LogP contribution < -0.4 is 31.9 Å². The number of amides is 6. The molecule has 1 heterocycles. The first kappa shape index (κ1) is 46.8. The number of rotatable bonds is 28. The van der Waals surface area contributed by atoms with Crippen molar-refractivity contribution in [1.29, 1.82) is 0 Å². The Bertz CT molecular complexity index is 1600. The molecule has 0 spiro atoms. The van der Waals surface area contributed by atoms with Gasteiger partial charge in [0.05, 0.1) is 24.3 Å². The van der Waals surface area contributed by atoms with E-state index >= 15 is 0 Å². The number of carboxylic acids is 4. The second-order valence-corrected chi connectivity index (χ2v) is 12.8. The number of benzene rings is 1. The molecule has 0 aliphatic carbocycles. The number of unbranched alkanes of at least 4 members (excludes halogenated alkanes) is 4. The van der Waals surface area contributed by atoms with E-state index in [1.165, 1.54) is 22.9 Å². The lowest BCUT2D eigenvalue weighted by Gasteiger charge is -2.14. The lowest BCUT2D eigenvalue weighted by atomic mass is 10.1. The summed E-state index contributed by atoms with van der Waals surface area (Å²) in [5.74, 6) is -6.02. The van der Waals surface area contributed by atoms with Gasteiger partial charge in [0.15, 0.2) is 0 Å². The van der Waals surface area contributed by atoms with Crippen molar-refractivity contribution in [2.75, 3.05) is 32.9 Å². The Morgan fingerprint density at radius 3 is 1.46 bits per heavy atom. The number of urea groups is 2. The molecule has 0 radical (unpaired) electrons. The lowest BCUT2D eigenvalue weighted by molar-refractivity contribution is -0.142. The summed E-state index contributed by atoms with van der Waals surface area (Å²) in [6, 6.07) is 0.282. The molecule has 0 saturated carbocycles. The smallest absolute Gasteiger partial charge is 0.326 e. The van der Waals surface area contributed by atoms with Crippen LogP contribution >= 0.6 is 0 Å². The molecule has 2 atom stereocenters. The summed E-state index contributed by atoms with van der Waals surface area (Å²) in [4.78, 5) is 94.3. The van der Waals surface area contributed by atoms with Gasteiger partial charge in [-0.15, -0.1) is 5.10 Å². The number of alkyl halides is 1. The zero-order chi connectivity index (χ0) is 42.2. The Balaban J connectivity index is 1.88. The van der Waals surface area contributed by atoms with Crippen LogP contribution in [0.2, 0.25) is 0 Å². The largest absolute Gasteiger partial charge is 0.481 e. The summed E-state index contributed by atoms with van der Waals surface area (Å²) in [5, 5.41) is 58.9. The quantitative estimate of drug-likeness (QED) is 0.0541. The van der Waals surface area contributed by atoms with Crippen LogP contribution in [0.25, 0.3) is 5.69 Å². The maximum Gasteiger partial charge on any atom is 0.326 e. The molecule has 1 aromatic carbocycles. The molecule has 0 aliphatic heterocycles. The van der Waals surface area contributed by atoms with E-state index in [2.05, 4.69) is 42.2 Å². The molecule has 0 saturated heterocycles. The number of carbonyl (C=O) groups is 8. The van der Waals surface area contributed by atoms with E-state index in [4.69, 9.17) is 20.4 Å². The Kier molecular flexibility index (Phi) is 21.1. The van der Waals surface area contributed by atoms with Crippen molar-refractivity contribution in [2.24, 2.45) is 0 Å². The van der Waals surface area contributed by atoms with Crippen LogP contribution in [0.4, 0.5) is 14.0 Å². The molecule has 57 heavy (non-hydrogen) atoms. The first-order valence-electron chi connectivity index (χ1n) is 18.4. The maximum absolute atomic E-state index is 13.2. The summed E-state index contributed by atoms with van der Waals surface area (Å²) < 4.78 is 14.1. The van der Waals surface area contributed by atoms with Crippen LogP contribution in [-0.4, -0.2) is 128 Å². The zero-order valence-corrected chi connectivity index (χ0v) is 31.3. The van der Waals surface area contributed by atoms with E-state index in [1.54, 1.807) is 6.20 Å². The third kappa shape index (κ3) is 19.2. The third-order valence-electron chi connectivity index (χ3n) is 8.16. The van der Waals surface area contributed by atoms with Gasteiger partial charge in [0.1, 0.15) is 12.1 Å². The van der Waals surface area contributed by atoms with E-state index in [0.29, 0.717) is 56.3 Å². The second-order valence-electron chi connectivity index (χ2n) is 12.8. The number of carbonyl (C=O) groups excluding carboxylic acids is 4. The van der Waals surface area contributed by atoms with Gasteiger partial charge in [0.2, 0.25) is 0 Å². The Labute approximate surface area is 326 Å². The Hall–Kier alpha value is -6.35.